The molecule has 2 aromatic rings. The number of carboxylic acids is 1. The first kappa shape index (κ1) is 13.3. The summed E-state index contributed by atoms with van der Waals surface area (Å²) in [5.74, 6) is -1.25. The summed E-state index contributed by atoms with van der Waals surface area (Å²) in [6.07, 6.45) is 1.50. The van der Waals surface area contributed by atoms with Gasteiger partial charge in [0.05, 0.1) is 5.92 Å². The van der Waals surface area contributed by atoms with E-state index in [-0.39, 0.29) is 0 Å². The lowest BCUT2D eigenvalue weighted by Gasteiger charge is -2.13. The minimum atomic E-state index is -0.770. The van der Waals surface area contributed by atoms with Gasteiger partial charge in [0.15, 0.2) is 0 Å². The first-order chi connectivity index (χ1) is 9.20. The van der Waals surface area contributed by atoms with E-state index in [1.165, 1.54) is 5.56 Å². The predicted molar refractivity (Wildman–Crippen MR) is 76.3 cm³/mol. The Morgan fingerprint density at radius 3 is 2.16 bits per heavy atom. The van der Waals surface area contributed by atoms with Gasteiger partial charge in [-0.25, -0.2) is 0 Å². The zero-order chi connectivity index (χ0) is 13.7. The molecular weight excluding hydrogens is 236 g/mol. The highest BCUT2D eigenvalue weighted by Crippen LogP contribution is 2.22. The van der Waals surface area contributed by atoms with Crippen LogP contribution in [0.2, 0.25) is 0 Å². The van der Waals surface area contributed by atoms with Gasteiger partial charge in [-0.2, -0.15) is 0 Å². The zero-order valence-corrected chi connectivity index (χ0v) is 11.0. The molecule has 0 aromatic heterocycles. The molecule has 1 N–H and O–H groups in total. The second-order valence-electron chi connectivity index (χ2n) is 4.68. The summed E-state index contributed by atoms with van der Waals surface area (Å²) >= 11 is 0. The first-order valence-corrected chi connectivity index (χ1v) is 6.56. The summed E-state index contributed by atoms with van der Waals surface area (Å²) in [4.78, 5) is 11.5. The van der Waals surface area contributed by atoms with Crippen molar-refractivity contribution in [1.82, 2.24) is 0 Å². The van der Waals surface area contributed by atoms with Crippen LogP contribution in [-0.2, 0) is 17.6 Å². The molecule has 98 valence electrons. The van der Waals surface area contributed by atoms with E-state index in [0.717, 1.165) is 17.5 Å². The molecule has 0 amide bonds. The van der Waals surface area contributed by atoms with E-state index in [2.05, 4.69) is 6.92 Å². The Morgan fingerprint density at radius 2 is 1.63 bits per heavy atom. The van der Waals surface area contributed by atoms with E-state index in [4.69, 9.17) is 0 Å². The molecule has 0 aliphatic heterocycles. The molecule has 0 spiro atoms. The van der Waals surface area contributed by atoms with Crippen LogP contribution in [0.4, 0.5) is 0 Å². The molecule has 0 heterocycles. The third kappa shape index (κ3) is 3.44. The summed E-state index contributed by atoms with van der Waals surface area (Å²) < 4.78 is 0. The highest BCUT2D eigenvalue weighted by molar-refractivity contribution is 5.76. The quantitative estimate of drug-likeness (QED) is 0.884. The smallest absolute Gasteiger partial charge is 0.311 e. The van der Waals surface area contributed by atoms with Gasteiger partial charge < -0.3 is 5.11 Å². The fourth-order valence-corrected chi connectivity index (χ4v) is 2.18. The molecule has 1 unspecified atom stereocenters. The fourth-order valence-electron chi connectivity index (χ4n) is 2.18. The molecule has 0 fully saturated rings. The third-order valence-corrected chi connectivity index (χ3v) is 3.37. The monoisotopic (exact) mass is 254 g/mol. The number of aliphatic carboxylic acids is 1. The van der Waals surface area contributed by atoms with Crippen molar-refractivity contribution >= 4 is 5.97 Å². The number of aryl methyl sites for hydroxylation is 1. The Balaban J connectivity index is 2.22. The predicted octanol–water partition coefficient (Wildman–Crippen LogP) is 3.66. The van der Waals surface area contributed by atoms with Gasteiger partial charge in [-0.15, -0.1) is 0 Å². The van der Waals surface area contributed by atoms with Crippen LogP contribution in [0.15, 0.2) is 54.6 Å². The maximum atomic E-state index is 11.5. The van der Waals surface area contributed by atoms with Gasteiger partial charge in [0.1, 0.15) is 0 Å². The molecule has 0 saturated heterocycles. The number of carbonyl (C=O) groups is 1. The van der Waals surface area contributed by atoms with Gasteiger partial charge in [-0.1, -0.05) is 61.5 Å². The molecule has 0 aliphatic carbocycles. The SMILES string of the molecule is CCc1ccc(C(Cc2ccccc2)C(=O)O)cc1. The molecular formula is C17H18O2. The van der Waals surface area contributed by atoms with E-state index in [9.17, 15) is 9.90 Å². The summed E-state index contributed by atoms with van der Waals surface area (Å²) in [6, 6.07) is 17.6. The Hall–Kier alpha value is -2.09. The molecule has 2 rings (SSSR count). The van der Waals surface area contributed by atoms with Crippen molar-refractivity contribution < 1.29 is 9.90 Å². The molecule has 0 bridgehead atoms. The Bertz CT molecular complexity index is 529. The van der Waals surface area contributed by atoms with E-state index in [1.54, 1.807) is 0 Å². The average molecular weight is 254 g/mol. The van der Waals surface area contributed by atoms with Crippen LogP contribution < -0.4 is 0 Å². The Labute approximate surface area is 113 Å². The summed E-state index contributed by atoms with van der Waals surface area (Å²) in [6.45, 7) is 2.09. The van der Waals surface area contributed by atoms with Crippen molar-refractivity contribution in [3.8, 4) is 0 Å². The first-order valence-electron chi connectivity index (χ1n) is 6.56. The van der Waals surface area contributed by atoms with Gasteiger partial charge in [-0.3, -0.25) is 4.79 Å². The minimum Gasteiger partial charge on any atom is -0.481 e. The summed E-state index contributed by atoms with van der Waals surface area (Å²) in [5.41, 5.74) is 3.15. The lowest BCUT2D eigenvalue weighted by molar-refractivity contribution is -0.138. The molecule has 2 nitrogen and oxygen atoms in total. The van der Waals surface area contributed by atoms with Crippen molar-refractivity contribution in [1.29, 1.82) is 0 Å². The summed E-state index contributed by atoms with van der Waals surface area (Å²) in [7, 11) is 0. The van der Waals surface area contributed by atoms with Gasteiger partial charge >= 0.3 is 5.97 Å². The highest BCUT2D eigenvalue weighted by atomic mass is 16.4. The molecule has 19 heavy (non-hydrogen) atoms. The van der Waals surface area contributed by atoms with Crippen molar-refractivity contribution in [2.75, 3.05) is 0 Å². The van der Waals surface area contributed by atoms with Gasteiger partial charge in [0.2, 0.25) is 0 Å². The van der Waals surface area contributed by atoms with Gasteiger partial charge in [-0.05, 0) is 29.5 Å². The van der Waals surface area contributed by atoms with Crippen molar-refractivity contribution in [3.63, 3.8) is 0 Å². The number of hydrogen-bond donors (Lipinski definition) is 1. The second kappa shape index (κ2) is 6.19. The molecule has 0 saturated carbocycles. The zero-order valence-electron chi connectivity index (χ0n) is 11.0. The number of hydrogen-bond acceptors (Lipinski definition) is 1. The van der Waals surface area contributed by atoms with E-state index in [0.29, 0.717) is 6.42 Å². The van der Waals surface area contributed by atoms with E-state index < -0.39 is 11.9 Å². The van der Waals surface area contributed by atoms with Gasteiger partial charge in [0.25, 0.3) is 0 Å². The van der Waals surface area contributed by atoms with Crippen LogP contribution in [0.1, 0.15) is 29.5 Å². The lowest BCUT2D eigenvalue weighted by atomic mass is 9.91. The molecule has 2 aromatic carbocycles. The molecule has 2 heteroatoms. The normalized spacial score (nSPS) is 12.1. The van der Waals surface area contributed by atoms with Gasteiger partial charge in [0, 0.05) is 0 Å². The Kier molecular flexibility index (Phi) is 4.35. The molecule has 0 aliphatic rings. The van der Waals surface area contributed by atoms with Crippen LogP contribution in [0, 0.1) is 0 Å². The standard InChI is InChI=1S/C17H18O2/c1-2-13-8-10-15(11-9-13)16(17(18)19)12-14-6-4-3-5-7-14/h3-11,16H,2,12H2,1H3,(H,18,19). The average Bonchev–Trinajstić information content (AvgIpc) is 2.46. The second-order valence-corrected chi connectivity index (χ2v) is 4.68. The van der Waals surface area contributed by atoms with Crippen LogP contribution in [-0.4, -0.2) is 11.1 Å². The van der Waals surface area contributed by atoms with E-state index in [1.807, 2.05) is 54.6 Å². The number of rotatable bonds is 5. The number of benzene rings is 2. The van der Waals surface area contributed by atoms with Crippen molar-refractivity contribution in [2.24, 2.45) is 0 Å². The minimum absolute atomic E-state index is 0.478. The highest BCUT2D eigenvalue weighted by Gasteiger charge is 2.20. The number of carboxylic acid groups (broad SMARTS) is 1. The third-order valence-electron chi connectivity index (χ3n) is 3.37. The van der Waals surface area contributed by atoms with E-state index >= 15 is 0 Å². The van der Waals surface area contributed by atoms with Crippen molar-refractivity contribution in [2.45, 2.75) is 25.7 Å². The lowest BCUT2D eigenvalue weighted by Crippen LogP contribution is -2.14. The van der Waals surface area contributed by atoms with Crippen LogP contribution in [0.25, 0.3) is 0 Å². The fraction of sp³-hybridized carbons (Fsp3) is 0.235. The van der Waals surface area contributed by atoms with Crippen LogP contribution in [0.5, 0.6) is 0 Å². The topological polar surface area (TPSA) is 37.3 Å². The van der Waals surface area contributed by atoms with Crippen LogP contribution in [0.3, 0.4) is 0 Å². The maximum absolute atomic E-state index is 11.5. The summed E-state index contributed by atoms with van der Waals surface area (Å²) in [5, 5.41) is 9.41. The largest absolute Gasteiger partial charge is 0.481 e. The molecule has 1 atom stereocenters. The Morgan fingerprint density at radius 1 is 1.00 bits per heavy atom. The molecule has 0 radical (unpaired) electrons. The van der Waals surface area contributed by atoms with Crippen LogP contribution >= 0.6 is 0 Å². The maximum Gasteiger partial charge on any atom is 0.311 e. The van der Waals surface area contributed by atoms with Crippen molar-refractivity contribution in [3.05, 3.63) is 71.3 Å².